The average molecular weight is 676 g/mol. The predicted molar refractivity (Wildman–Crippen MR) is 170 cm³/mol. The minimum atomic E-state index is -0.225. The summed E-state index contributed by atoms with van der Waals surface area (Å²) in [5, 5.41) is 2.70. The lowest BCUT2D eigenvalue weighted by molar-refractivity contribution is -0.139. The Hall–Kier alpha value is -2.24. The van der Waals surface area contributed by atoms with Crippen LogP contribution < -0.4 is 5.32 Å². The van der Waals surface area contributed by atoms with E-state index in [9.17, 15) is 19.2 Å². The van der Waals surface area contributed by atoms with Gasteiger partial charge in [0, 0.05) is 45.4 Å². The molecule has 0 unspecified atom stereocenters. The molecule has 0 aromatic heterocycles. The number of hydrogen-bond donors (Lipinski definition) is 1. The Balaban J connectivity index is 1.18. The minimum absolute atomic E-state index is 0.0931. The molecule has 15 heteroatoms. The van der Waals surface area contributed by atoms with Crippen molar-refractivity contribution in [1.82, 2.24) is 15.1 Å². The van der Waals surface area contributed by atoms with Crippen molar-refractivity contribution in [3.63, 3.8) is 0 Å². The van der Waals surface area contributed by atoms with E-state index in [1.165, 1.54) is 0 Å². The highest BCUT2D eigenvalue weighted by atomic mass is 16.6. The van der Waals surface area contributed by atoms with Crippen LogP contribution in [0.25, 0.3) is 0 Å². The highest BCUT2D eigenvalue weighted by Gasteiger charge is 2.28. The monoisotopic (exact) mass is 675 g/mol. The molecule has 0 radical (unpaired) electrons. The molecule has 0 atom stereocenters. The summed E-state index contributed by atoms with van der Waals surface area (Å²) in [4.78, 5) is 50.1. The fraction of sp³-hybridized carbons (Fsp3) is 0.875. The fourth-order valence-corrected chi connectivity index (χ4v) is 4.65. The van der Waals surface area contributed by atoms with Crippen LogP contribution in [0.15, 0.2) is 0 Å². The Morgan fingerprint density at radius 2 is 0.979 bits per heavy atom. The molecule has 0 aromatic carbocycles. The van der Waals surface area contributed by atoms with Crippen molar-refractivity contribution < 1.29 is 57.1 Å². The summed E-state index contributed by atoms with van der Waals surface area (Å²) in [5.41, 5.74) is 0. The van der Waals surface area contributed by atoms with E-state index in [-0.39, 0.29) is 49.4 Å². The Labute approximate surface area is 279 Å². The lowest BCUT2D eigenvalue weighted by Gasteiger charge is -2.30. The molecular weight excluding hydrogens is 618 g/mol. The van der Waals surface area contributed by atoms with E-state index < -0.39 is 0 Å². The van der Waals surface area contributed by atoms with Crippen molar-refractivity contribution in [2.75, 3.05) is 132 Å². The van der Waals surface area contributed by atoms with Crippen molar-refractivity contribution in [3.05, 3.63) is 0 Å². The second-order valence-electron chi connectivity index (χ2n) is 11.3. The maximum Gasteiger partial charge on any atom is 0.229 e. The quantitative estimate of drug-likeness (QED) is 0.0827. The average Bonchev–Trinajstić information content (AvgIpc) is 3.39. The van der Waals surface area contributed by atoms with Gasteiger partial charge in [-0.05, 0) is 18.8 Å². The Kier molecular flexibility index (Phi) is 24.1. The van der Waals surface area contributed by atoms with Crippen LogP contribution in [0.5, 0.6) is 0 Å². The summed E-state index contributed by atoms with van der Waals surface area (Å²) in [6.07, 6.45) is 3.16. The van der Waals surface area contributed by atoms with Crippen LogP contribution in [-0.2, 0) is 57.1 Å². The van der Waals surface area contributed by atoms with Crippen LogP contribution in [0.3, 0.4) is 0 Å². The second kappa shape index (κ2) is 27.7. The van der Waals surface area contributed by atoms with Crippen LogP contribution in [0.2, 0.25) is 0 Å². The van der Waals surface area contributed by atoms with Crippen molar-refractivity contribution in [3.8, 4) is 0 Å². The molecule has 2 heterocycles. The SMILES string of the molecule is CC1CCN(C(=O)CCOCCOCCOCCOCCOCCOCCOCCOCCNC(=O)CCN2C(=O)CCC2=O)CC1. The molecule has 272 valence electrons. The lowest BCUT2D eigenvalue weighted by atomic mass is 9.99. The van der Waals surface area contributed by atoms with Crippen molar-refractivity contribution in [2.45, 2.75) is 45.4 Å². The van der Waals surface area contributed by atoms with Crippen LogP contribution in [0, 0.1) is 5.92 Å². The number of nitrogens with zero attached hydrogens (tertiary/aromatic N) is 2. The Morgan fingerprint density at radius 3 is 1.40 bits per heavy atom. The van der Waals surface area contributed by atoms with Crippen LogP contribution in [-0.4, -0.2) is 165 Å². The lowest BCUT2D eigenvalue weighted by Crippen LogP contribution is -2.38. The van der Waals surface area contributed by atoms with Crippen molar-refractivity contribution in [2.24, 2.45) is 5.92 Å². The first-order valence-corrected chi connectivity index (χ1v) is 17.0. The minimum Gasteiger partial charge on any atom is -0.379 e. The zero-order chi connectivity index (χ0) is 33.8. The molecule has 0 spiro atoms. The number of rotatable bonds is 30. The highest BCUT2D eigenvalue weighted by molar-refractivity contribution is 6.02. The largest absolute Gasteiger partial charge is 0.379 e. The van der Waals surface area contributed by atoms with E-state index in [1.54, 1.807) is 0 Å². The maximum absolute atomic E-state index is 12.1. The highest BCUT2D eigenvalue weighted by Crippen LogP contribution is 2.16. The van der Waals surface area contributed by atoms with Crippen molar-refractivity contribution >= 4 is 23.6 Å². The van der Waals surface area contributed by atoms with Gasteiger partial charge < -0.3 is 48.1 Å². The first kappa shape index (κ1) is 40.9. The van der Waals surface area contributed by atoms with Gasteiger partial charge in [0.1, 0.15) is 0 Å². The van der Waals surface area contributed by atoms with E-state index in [2.05, 4.69) is 12.2 Å². The van der Waals surface area contributed by atoms with Gasteiger partial charge in [0.15, 0.2) is 0 Å². The summed E-state index contributed by atoms with van der Waals surface area (Å²) in [5.74, 6) is 0.236. The standard InChI is InChI=1S/C32H57N3O12/c1-28-4-9-34(10-5-28)30(37)7-12-40-14-16-42-18-20-44-22-24-46-26-27-47-25-23-45-21-19-43-17-15-41-13-8-33-29(36)6-11-35-31(38)2-3-32(35)39/h28H,2-27H2,1H3,(H,33,36). The molecule has 47 heavy (non-hydrogen) atoms. The third-order valence-corrected chi connectivity index (χ3v) is 7.49. The molecule has 0 bridgehead atoms. The molecule has 0 aliphatic carbocycles. The van der Waals surface area contributed by atoms with Gasteiger partial charge in [-0.25, -0.2) is 0 Å². The smallest absolute Gasteiger partial charge is 0.229 e. The topological polar surface area (TPSA) is 161 Å². The zero-order valence-corrected chi connectivity index (χ0v) is 28.3. The van der Waals surface area contributed by atoms with E-state index in [0.717, 1.165) is 30.8 Å². The van der Waals surface area contributed by atoms with Gasteiger partial charge in [-0.15, -0.1) is 0 Å². The summed E-state index contributed by atoms with van der Waals surface area (Å²) in [6, 6.07) is 0. The molecule has 2 fully saturated rings. The molecular formula is C32H57N3O12. The summed E-state index contributed by atoms with van der Waals surface area (Å²) >= 11 is 0. The van der Waals surface area contributed by atoms with Gasteiger partial charge in [-0.3, -0.25) is 24.1 Å². The first-order chi connectivity index (χ1) is 23.0. The molecule has 4 amide bonds. The van der Waals surface area contributed by atoms with Crippen LogP contribution in [0.4, 0.5) is 0 Å². The summed E-state index contributed by atoms with van der Waals surface area (Å²) < 4.78 is 43.7. The molecule has 2 rings (SSSR count). The first-order valence-electron chi connectivity index (χ1n) is 17.0. The molecule has 2 aliphatic heterocycles. The van der Waals surface area contributed by atoms with E-state index in [1.807, 2.05) is 4.90 Å². The molecule has 15 nitrogen and oxygen atoms in total. The van der Waals surface area contributed by atoms with Gasteiger partial charge in [0.05, 0.1) is 112 Å². The van der Waals surface area contributed by atoms with Gasteiger partial charge in [0.25, 0.3) is 0 Å². The maximum atomic E-state index is 12.1. The molecule has 2 saturated heterocycles. The van der Waals surface area contributed by atoms with Gasteiger partial charge in [-0.2, -0.15) is 0 Å². The van der Waals surface area contributed by atoms with E-state index >= 15 is 0 Å². The molecule has 1 N–H and O–H groups in total. The molecule has 0 saturated carbocycles. The number of carbonyl (C=O) groups is 4. The van der Waals surface area contributed by atoms with Gasteiger partial charge in [-0.1, -0.05) is 6.92 Å². The number of ether oxygens (including phenoxy) is 8. The van der Waals surface area contributed by atoms with Gasteiger partial charge in [0.2, 0.25) is 23.6 Å². The molecule has 0 aromatic rings. The van der Waals surface area contributed by atoms with Crippen LogP contribution >= 0.6 is 0 Å². The van der Waals surface area contributed by atoms with E-state index in [0.29, 0.717) is 125 Å². The van der Waals surface area contributed by atoms with E-state index in [4.69, 9.17) is 37.9 Å². The number of nitrogens with one attached hydrogen (secondary N) is 1. The number of hydrogen-bond acceptors (Lipinski definition) is 12. The normalized spacial score (nSPS) is 15.6. The second-order valence-corrected chi connectivity index (χ2v) is 11.3. The summed E-state index contributed by atoms with van der Waals surface area (Å²) in [6.45, 7) is 11.6. The van der Waals surface area contributed by atoms with Crippen LogP contribution in [0.1, 0.15) is 45.4 Å². The summed E-state index contributed by atoms with van der Waals surface area (Å²) in [7, 11) is 0. The fourth-order valence-electron chi connectivity index (χ4n) is 4.65. The predicted octanol–water partition coefficient (Wildman–Crippen LogP) is 0.423. The number of piperidine rings is 1. The van der Waals surface area contributed by atoms with Gasteiger partial charge >= 0.3 is 0 Å². The number of likely N-dealkylation sites (tertiary alicyclic amines) is 2. The third-order valence-electron chi connectivity index (χ3n) is 7.49. The Bertz CT molecular complexity index is 841. The zero-order valence-electron chi connectivity index (χ0n) is 28.3. The number of imide groups is 1. The third kappa shape index (κ3) is 21.4. The molecule has 2 aliphatic rings. The number of carbonyl (C=O) groups excluding carboxylic acids is 4. The van der Waals surface area contributed by atoms with Crippen molar-refractivity contribution in [1.29, 1.82) is 0 Å². The Morgan fingerprint density at radius 1 is 0.596 bits per heavy atom. The number of amides is 4.